The highest BCUT2D eigenvalue weighted by Crippen LogP contribution is 2.24. The van der Waals surface area contributed by atoms with Crippen LogP contribution in [0.15, 0.2) is 24.3 Å². The Kier molecular flexibility index (Phi) is 5.27. The number of carbonyl (C=O) groups excluding carboxylic acids is 1. The number of amides is 1. The number of anilines is 1. The van der Waals surface area contributed by atoms with Gasteiger partial charge in [-0.2, -0.15) is 0 Å². The fraction of sp³-hybridized carbons (Fsp3) is 0.611. The first-order chi connectivity index (χ1) is 9.99. The molecular formula is C18H28N2O. The molecule has 0 radical (unpaired) electrons. The predicted molar refractivity (Wildman–Crippen MR) is 88.3 cm³/mol. The van der Waals surface area contributed by atoms with Gasteiger partial charge in [-0.3, -0.25) is 4.79 Å². The molecule has 0 aromatic heterocycles. The SMILES string of the molecule is CC(C)C(CNC(=O)C1CCc2ccccc2N1)C(C)C. The van der Waals surface area contributed by atoms with Crippen LogP contribution >= 0.6 is 0 Å². The van der Waals surface area contributed by atoms with Gasteiger partial charge in [0, 0.05) is 12.2 Å². The Balaban J connectivity index is 1.90. The quantitative estimate of drug-likeness (QED) is 0.871. The summed E-state index contributed by atoms with van der Waals surface area (Å²) in [4.78, 5) is 12.4. The van der Waals surface area contributed by atoms with Crippen LogP contribution in [0.4, 0.5) is 5.69 Å². The number of nitrogens with one attached hydrogen (secondary N) is 2. The molecule has 1 unspecified atom stereocenters. The van der Waals surface area contributed by atoms with Crippen molar-refractivity contribution in [3.05, 3.63) is 29.8 Å². The van der Waals surface area contributed by atoms with Crippen LogP contribution in [0.3, 0.4) is 0 Å². The molecule has 0 fully saturated rings. The smallest absolute Gasteiger partial charge is 0.242 e. The van der Waals surface area contributed by atoms with Crippen LogP contribution in [0.25, 0.3) is 0 Å². The van der Waals surface area contributed by atoms with Gasteiger partial charge in [0.05, 0.1) is 0 Å². The molecule has 1 aromatic rings. The van der Waals surface area contributed by atoms with Gasteiger partial charge in [-0.25, -0.2) is 0 Å². The van der Waals surface area contributed by atoms with Gasteiger partial charge in [0.15, 0.2) is 0 Å². The summed E-state index contributed by atoms with van der Waals surface area (Å²) in [6.45, 7) is 9.68. The fourth-order valence-electron chi connectivity index (χ4n) is 3.22. The number of carbonyl (C=O) groups is 1. The van der Waals surface area contributed by atoms with E-state index < -0.39 is 0 Å². The summed E-state index contributed by atoms with van der Waals surface area (Å²) in [6.07, 6.45) is 1.84. The summed E-state index contributed by atoms with van der Waals surface area (Å²) in [5, 5.41) is 6.51. The highest BCUT2D eigenvalue weighted by atomic mass is 16.2. The second kappa shape index (κ2) is 6.97. The first-order valence-corrected chi connectivity index (χ1v) is 8.11. The molecule has 1 amide bonds. The molecule has 3 nitrogen and oxygen atoms in total. The van der Waals surface area contributed by atoms with Gasteiger partial charge in [0.2, 0.25) is 5.91 Å². The largest absolute Gasteiger partial charge is 0.373 e. The number of benzene rings is 1. The van der Waals surface area contributed by atoms with Crippen LogP contribution in [0, 0.1) is 17.8 Å². The molecule has 1 aliphatic heterocycles. The number of hydrogen-bond acceptors (Lipinski definition) is 2. The zero-order valence-electron chi connectivity index (χ0n) is 13.6. The van der Waals surface area contributed by atoms with Crippen LogP contribution in [0.5, 0.6) is 0 Å². The second-order valence-corrected chi connectivity index (χ2v) is 6.79. The molecule has 2 rings (SSSR count). The number of hydrogen-bond donors (Lipinski definition) is 2. The minimum Gasteiger partial charge on any atom is -0.373 e. The summed E-state index contributed by atoms with van der Waals surface area (Å²) < 4.78 is 0. The van der Waals surface area contributed by atoms with Gasteiger partial charge in [-0.05, 0) is 42.2 Å². The second-order valence-electron chi connectivity index (χ2n) is 6.79. The third kappa shape index (κ3) is 3.99. The van der Waals surface area contributed by atoms with E-state index in [9.17, 15) is 4.79 Å². The van der Waals surface area contributed by atoms with E-state index in [1.807, 2.05) is 6.07 Å². The summed E-state index contributed by atoms with van der Waals surface area (Å²) >= 11 is 0. The molecule has 0 spiro atoms. The van der Waals surface area contributed by atoms with Crippen molar-refractivity contribution in [1.29, 1.82) is 0 Å². The molecule has 1 aromatic carbocycles. The van der Waals surface area contributed by atoms with Crippen molar-refractivity contribution in [1.82, 2.24) is 5.32 Å². The third-order valence-electron chi connectivity index (χ3n) is 4.59. The maximum absolute atomic E-state index is 12.4. The zero-order chi connectivity index (χ0) is 15.4. The van der Waals surface area contributed by atoms with Crippen LogP contribution in [0.2, 0.25) is 0 Å². The van der Waals surface area contributed by atoms with E-state index in [4.69, 9.17) is 0 Å². The molecule has 0 saturated heterocycles. The molecule has 2 N–H and O–H groups in total. The Bertz CT molecular complexity index is 474. The van der Waals surface area contributed by atoms with Crippen molar-refractivity contribution in [2.45, 2.75) is 46.6 Å². The lowest BCUT2D eigenvalue weighted by Crippen LogP contribution is -2.44. The zero-order valence-corrected chi connectivity index (χ0v) is 13.6. The Hall–Kier alpha value is -1.51. The number of para-hydroxylation sites is 1. The van der Waals surface area contributed by atoms with Crippen molar-refractivity contribution in [3.8, 4) is 0 Å². The van der Waals surface area contributed by atoms with Gasteiger partial charge >= 0.3 is 0 Å². The molecule has 1 heterocycles. The van der Waals surface area contributed by atoms with Crippen molar-refractivity contribution in [2.75, 3.05) is 11.9 Å². The van der Waals surface area contributed by atoms with Crippen molar-refractivity contribution < 1.29 is 4.79 Å². The minimum absolute atomic E-state index is 0.0973. The van der Waals surface area contributed by atoms with Gasteiger partial charge < -0.3 is 10.6 Å². The van der Waals surface area contributed by atoms with Gasteiger partial charge in [-0.1, -0.05) is 45.9 Å². The average molecular weight is 288 g/mol. The van der Waals surface area contributed by atoms with Crippen molar-refractivity contribution >= 4 is 11.6 Å². The molecular weight excluding hydrogens is 260 g/mol. The highest BCUT2D eigenvalue weighted by molar-refractivity contribution is 5.85. The van der Waals surface area contributed by atoms with E-state index in [2.05, 4.69) is 56.5 Å². The standard InChI is InChI=1S/C18H28N2O/c1-12(2)15(13(3)4)11-19-18(21)17-10-9-14-7-5-6-8-16(14)20-17/h5-8,12-13,15,17,20H,9-11H2,1-4H3,(H,19,21). The molecule has 1 aliphatic rings. The molecule has 0 aliphatic carbocycles. The highest BCUT2D eigenvalue weighted by Gasteiger charge is 2.25. The fourth-order valence-corrected chi connectivity index (χ4v) is 3.22. The number of fused-ring (bicyclic) bond motifs is 1. The Labute approximate surface area is 128 Å². The summed E-state index contributed by atoms with van der Waals surface area (Å²) in [7, 11) is 0. The Morgan fingerprint density at radius 2 is 1.90 bits per heavy atom. The van der Waals surface area contributed by atoms with E-state index in [1.54, 1.807) is 0 Å². The number of aryl methyl sites for hydroxylation is 1. The lowest BCUT2D eigenvalue weighted by molar-refractivity contribution is -0.122. The van der Waals surface area contributed by atoms with Gasteiger partial charge in [0.1, 0.15) is 6.04 Å². The summed E-state index contributed by atoms with van der Waals surface area (Å²) in [5.41, 5.74) is 2.41. The number of rotatable bonds is 5. The summed E-state index contributed by atoms with van der Waals surface area (Å²) in [5.74, 6) is 1.84. The topological polar surface area (TPSA) is 41.1 Å². The molecule has 1 atom stereocenters. The first kappa shape index (κ1) is 15.9. The molecule has 3 heteroatoms. The van der Waals surface area contributed by atoms with E-state index in [-0.39, 0.29) is 11.9 Å². The van der Waals surface area contributed by atoms with Crippen molar-refractivity contribution in [2.24, 2.45) is 17.8 Å². The average Bonchev–Trinajstić information content (AvgIpc) is 2.46. The molecule has 0 saturated carbocycles. The van der Waals surface area contributed by atoms with E-state index in [0.717, 1.165) is 25.1 Å². The van der Waals surface area contributed by atoms with Crippen LogP contribution in [-0.2, 0) is 11.2 Å². The third-order valence-corrected chi connectivity index (χ3v) is 4.59. The lowest BCUT2D eigenvalue weighted by Gasteiger charge is -2.29. The maximum atomic E-state index is 12.4. The van der Waals surface area contributed by atoms with Gasteiger partial charge in [0.25, 0.3) is 0 Å². The predicted octanol–water partition coefficient (Wildman–Crippen LogP) is 3.46. The molecule has 0 bridgehead atoms. The minimum atomic E-state index is -0.0973. The first-order valence-electron chi connectivity index (χ1n) is 8.11. The van der Waals surface area contributed by atoms with Crippen LogP contribution in [-0.4, -0.2) is 18.5 Å². The normalized spacial score (nSPS) is 17.8. The Morgan fingerprint density at radius 1 is 1.24 bits per heavy atom. The molecule has 21 heavy (non-hydrogen) atoms. The van der Waals surface area contributed by atoms with Crippen LogP contribution in [0.1, 0.15) is 39.7 Å². The van der Waals surface area contributed by atoms with Crippen LogP contribution < -0.4 is 10.6 Å². The molecule has 116 valence electrons. The van der Waals surface area contributed by atoms with Crippen molar-refractivity contribution in [3.63, 3.8) is 0 Å². The van der Waals surface area contributed by atoms with E-state index in [0.29, 0.717) is 17.8 Å². The lowest BCUT2D eigenvalue weighted by atomic mass is 9.85. The van der Waals surface area contributed by atoms with Gasteiger partial charge in [-0.15, -0.1) is 0 Å². The maximum Gasteiger partial charge on any atom is 0.242 e. The summed E-state index contributed by atoms with van der Waals surface area (Å²) in [6, 6.07) is 8.15. The Morgan fingerprint density at radius 3 is 2.57 bits per heavy atom. The van der Waals surface area contributed by atoms with E-state index in [1.165, 1.54) is 5.56 Å². The van der Waals surface area contributed by atoms with E-state index >= 15 is 0 Å². The monoisotopic (exact) mass is 288 g/mol.